The van der Waals surface area contributed by atoms with Gasteiger partial charge in [-0.1, -0.05) is 11.6 Å². The summed E-state index contributed by atoms with van der Waals surface area (Å²) in [5.41, 5.74) is 0.808. The SMILES string of the molecule is O=C(c1ccc(Cl)cc1)C1CCCN(CC2CC2)C1. The molecule has 3 heteroatoms. The zero-order chi connectivity index (χ0) is 13.2. The van der Waals surface area contributed by atoms with Crippen LogP contribution >= 0.6 is 11.6 Å². The predicted molar refractivity (Wildman–Crippen MR) is 77.7 cm³/mol. The van der Waals surface area contributed by atoms with Crippen LogP contribution in [0.3, 0.4) is 0 Å². The molecule has 0 bridgehead atoms. The van der Waals surface area contributed by atoms with Gasteiger partial charge in [0.25, 0.3) is 0 Å². The van der Waals surface area contributed by atoms with Crippen molar-refractivity contribution in [3.05, 3.63) is 34.9 Å². The number of nitrogens with zero attached hydrogens (tertiary/aromatic N) is 1. The minimum atomic E-state index is 0.175. The van der Waals surface area contributed by atoms with E-state index in [4.69, 9.17) is 11.6 Å². The lowest BCUT2D eigenvalue weighted by molar-refractivity contribution is 0.0814. The van der Waals surface area contributed by atoms with E-state index >= 15 is 0 Å². The summed E-state index contributed by atoms with van der Waals surface area (Å²) in [6.07, 6.45) is 4.94. The standard InChI is InChI=1S/C16H20ClNO/c17-15-7-5-13(6-8-15)16(19)14-2-1-9-18(11-14)10-12-3-4-12/h5-8,12,14H,1-4,9-11H2. The van der Waals surface area contributed by atoms with Crippen molar-refractivity contribution < 1.29 is 4.79 Å². The second kappa shape index (κ2) is 5.64. The van der Waals surface area contributed by atoms with Gasteiger partial charge < -0.3 is 4.90 Å². The van der Waals surface area contributed by atoms with Gasteiger partial charge in [0.2, 0.25) is 0 Å². The van der Waals surface area contributed by atoms with Crippen LogP contribution in [0.4, 0.5) is 0 Å². The molecule has 2 nitrogen and oxygen atoms in total. The largest absolute Gasteiger partial charge is 0.302 e. The number of rotatable bonds is 4. The summed E-state index contributed by atoms with van der Waals surface area (Å²) in [5.74, 6) is 1.37. The lowest BCUT2D eigenvalue weighted by Gasteiger charge is -2.32. The second-order valence-electron chi connectivity index (χ2n) is 5.91. The van der Waals surface area contributed by atoms with E-state index in [0.717, 1.165) is 30.9 Å². The second-order valence-corrected chi connectivity index (χ2v) is 6.35. The zero-order valence-electron chi connectivity index (χ0n) is 11.1. The van der Waals surface area contributed by atoms with Crippen molar-refractivity contribution in [2.24, 2.45) is 11.8 Å². The van der Waals surface area contributed by atoms with Gasteiger partial charge in [-0.3, -0.25) is 4.79 Å². The fourth-order valence-corrected chi connectivity index (χ4v) is 3.08. The first-order chi connectivity index (χ1) is 9.22. The molecular weight excluding hydrogens is 258 g/mol. The van der Waals surface area contributed by atoms with Crippen molar-refractivity contribution in [2.45, 2.75) is 25.7 Å². The normalized spacial score (nSPS) is 24.4. The van der Waals surface area contributed by atoms with Crippen LogP contribution in [0.2, 0.25) is 5.02 Å². The number of ketones is 1. The van der Waals surface area contributed by atoms with Crippen LogP contribution in [-0.4, -0.2) is 30.3 Å². The summed E-state index contributed by atoms with van der Waals surface area (Å²) >= 11 is 5.87. The molecule has 19 heavy (non-hydrogen) atoms. The lowest BCUT2D eigenvalue weighted by Crippen LogP contribution is -2.39. The van der Waals surface area contributed by atoms with Crippen molar-refractivity contribution >= 4 is 17.4 Å². The first-order valence-electron chi connectivity index (χ1n) is 7.24. The summed E-state index contributed by atoms with van der Waals surface area (Å²) in [6, 6.07) is 7.31. The predicted octanol–water partition coefficient (Wildman–Crippen LogP) is 3.64. The number of carbonyl (C=O) groups is 1. The molecule has 1 saturated carbocycles. The Hall–Kier alpha value is -0.860. The lowest BCUT2D eigenvalue weighted by atomic mass is 9.90. The molecule has 1 aliphatic carbocycles. The smallest absolute Gasteiger partial charge is 0.167 e. The molecule has 1 atom stereocenters. The van der Waals surface area contributed by atoms with Crippen molar-refractivity contribution in [1.82, 2.24) is 4.90 Å². The Balaban J connectivity index is 1.63. The summed E-state index contributed by atoms with van der Waals surface area (Å²) in [4.78, 5) is 15.0. The Kier molecular flexibility index (Phi) is 3.90. The molecule has 1 aliphatic heterocycles. The number of hydrogen-bond acceptors (Lipinski definition) is 2. The van der Waals surface area contributed by atoms with Crippen LogP contribution < -0.4 is 0 Å². The highest BCUT2D eigenvalue weighted by Gasteiger charge is 2.30. The molecule has 1 unspecified atom stereocenters. The Bertz CT molecular complexity index is 452. The Labute approximate surface area is 119 Å². The van der Waals surface area contributed by atoms with Crippen molar-refractivity contribution in [1.29, 1.82) is 0 Å². The van der Waals surface area contributed by atoms with Crippen LogP contribution in [0, 0.1) is 11.8 Å². The van der Waals surface area contributed by atoms with Crippen molar-refractivity contribution in [3.63, 3.8) is 0 Å². The number of Topliss-reactive ketones (excluding diaryl/α,β-unsaturated/α-hetero) is 1. The monoisotopic (exact) mass is 277 g/mol. The summed E-state index contributed by atoms with van der Waals surface area (Å²) in [5, 5.41) is 0.690. The van der Waals surface area contributed by atoms with E-state index in [1.165, 1.54) is 25.9 Å². The number of carbonyl (C=O) groups excluding carboxylic acids is 1. The van der Waals surface area contributed by atoms with Gasteiger partial charge in [0.15, 0.2) is 5.78 Å². The maximum atomic E-state index is 12.5. The summed E-state index contributed by atoms with van der Waals surface area (Å²) < 4.78 is 0. The molecule has 1 heterocycles. The highest BCUT2D eigenvalue weighted by molar-refractivity contribution is 6.30. The maximum Gasteiger partial charge on any atom is 0.167 e. The van der Waals surface area contributed by atoms with Gasteiger partial charge in [-0.15, -0.1) is 0 Å². The van der Waals surface area contributed by atoms with Gasteiger partial charge in [-0.05, 0) is 62.4 Å². The fourth-order valence-electron chi connectivity index (χ4n) is 2.95. The van der Waals surface area contributed by atoms with Gasteiger partial charge in [-0.25, -0.2) is 0 Å². The third-order valence-electron chi connectivity index (χ3n) is 4.22. The molecule has 1 aromatic carbocycles. The molecule has 2 aliphatic rings. The van der Waals surface area contributed by atoms with Crippen LogP contribution in [-0.2, 0) is 0 Å². The first kappa shape index (κ1) is 13.1. The van der Waals surface area contributed by atoms with Crippen LogP contribution in [0.5, 0.6) is 0 Å². The average molecular weight is 278 g/mol. The molecule has 3 rings (SSSR count). The minimum Gasteiger partial charge on any atom is -0.302 e. The highest BCUT2D eigenvalue weighted by atomic mass is 35.5. The van der Waals surface area contributed by atoms with Crippen LogP contribution in [0.25, 0.3) is 0 Å². The fraction of sp³-hybridized carbons (Fsp3) is 0.562. The van der Waals surface area contributed by atoms with E-state index in [2.05, 4.69) is 4.90 Å². The van der Waals surface area contributed by atoms with Crippen LogP contribution in [0.1, 0.15) is 36.0 Å². The van der Waals surface area contributed by atoms with Gasteiger partial charge in [-0.2, -0.15) is 0 Å². The molecule has 0 aromatic heterocycles. The minimum absolute atomic E-state index is 0.175. The van der Waals surface area contributed by atoms with Gasteiger partial charge >= 0.3 is 0 Å². The molecule has 102 valence electrons. The van der Waals surface area contributed by atoms with Crippen molar-refractivity contribution in [3.8, 4) is 0 Å². The third-order valence-corrected chi connectivity index (χ3v) is 4.47. The van der Waals surface area contributed by atoms with Gasteiger partial charge in [0.1, 0.15) is 0 Å². The molecule has 0 N–H and O–H groups in total. The molecule has 0 amide bonds. The third kappa shape index (κ3) is 3.37. The van der Waals surface area contributed by atoms with Crippen LogP contribution in [0.15, 0.2) is 24.3 Å². The summed E-state index contributed by atoms with van der Waals surface area (Å²) in [6.45, 7) is 3.31. The Morgan fingerprint density at radius 3 is 2.63 bits per heavy atom. The van der Waals surface area contributed by atoms with E-state index in [1.807, 2.05) is 12.1 Å². The van der Waals surface area contributed by atoms with E-state index < -0.39 is 0 Å². The Morgan fingerprint density at radius 1 is 1.21 bits per heavy atom. The summed E-state index contributed by atoms with van der Waals surface area (Å²) in [7, 11) is 0. The average Bonchev–Trinajstić information content (AvgIpc) is 3.23. The highest BCUT2D eigenvalue weighted by Crippen LogP contribution is 2.31. The van der Waals surface area contributed by atoms with Crippen molar-refractivity contribution in [2.75, 3.05) is 19.6 Å². The number of benzene rings is 1. The van der Waals surface area contributed by atoms with E-state index in [-0.39, 0.29) is 11.7 Å². The topological polar surface area (TPSA) is 20.3 Å². The molecule has 1 saturated heterocycles. The maximum absolute atomic E-state index is 12.5. The van der Waals surface area contributed by atoms with E-state index in [9.17, 15) is 4.79 Å². The number of hydrogen-bond donors (Lipinski definition) is 0. The molecular formula is C16H20ClNO. The number of piperidine rings is 1. The molecule has 2 fully saturated rings. The molecule has 0 spiro atoms. The first-order valence-corrected chi connectivity index (χ1v) is 7.62. The van der Waals surface area contributed by atoms with E-state index in [1.54, 1.807) is 12.1 Å². The Morgan fingerprint density at radius 2 is 1.95 bits per heavy atom. The van der Waals surface area contributed by atoms with Gasteiger partial charge in [0, 0.05) is 29.6 Å². The van der Waals surface area contributed by atoms with Gasteiger partial charge in [0.05, 0.1) is 0 Å². The molecule has 0 radical (unpaired) electrons. The quantitative estimate of drug-likeness (QED) is 0.783. The van der Waals surface area contributed by atoms with E-state index in [0.29, 0.717) is 5.02 Å². The molecule has 1 aromatic rings. The zero-order valence-corrected chi connectivity index (χ0v) is 11.9. The number of halogens is 1. The number of likely N-dealkylation sites (tertiary alicyclic amines) is 1.